The molecule has 5 rings (SSSR count). The molecule has 2 unspecified atom stereocenters. The van der Waals surface area contributed by atoms with Crippen molar-refractivity contribution in [3.05, 3.63) is 63.1 Å². The maximum absolute atomic E-state index is 13.7. The molecule has 3 amide bonds. The van der Waals surface area contributed by atoms with Gasteiger partial charge in [-0.3, -0.25) is 14.4 Å². The monoisotopic (exact) mass is 598 g/mol. The van der Waals surface area contributed by atoms with Crippen molar-refractivity contribution in [2.24, 2.45) is 17.8 Å². The molecule has 3 aliphatic rings. The maximum Gasteiger partial charge on any atom is 0.255 e. The molecule has 0 N–H and O–H groups in total. The number of hydrogen-bond acceptors (Lipinski definition) is 4. The Morgan fingerprint density at radius 2 is 1.56 bits per heavy atom. The first kappa shape index (κ1) is 29.9. The highest BCUT2D eigenvalue weighted by molar-refractivity contribution is 6.34. The van der Waals surface area contributed by atoms with Crippen molar-refractivity contribution >= 4 is 46.6 Å². The van der Waals surface area contributed by atoms with E-state index in [1.165, 1.54) is 0 Å². The molecular weight excluding hydrogens is 559 g/mol. The molecule has 0 aromatic heterocycles. The zero-order valence-electron chi connectivity index (χ0n) is 24.2. The van der Waals surface area contributed by atoms with Crippen LogP contribution in [-0.4, -0.2) is 84.8 Å². The van der Waals surface area contributed by atoms with Crippen LogP contribution in [0.25, 0.3) is 0 Å². The number of likely N-dealkylation sites (tertiary alicyclic amines) is 3. The predicted molar refractivity (Wildman–Crippen MR) is 164 cm³/mol. The van der Waals surface area contributed by atoms with Gasteiger partial charge in [0.25, 0.3) is 5.91 Å². The van der Waals surface area contributed by atoms with Crippen LogP contribution in [0.3, 0.4) is 0 Å². The van der Waals surface area contributed by atoms with E-state index in [1.54, 1.807) is 13.0 Å². The van der Waals surface area contributed by atoms with Gasteiger partial charge in [0.15, 0.2) is 0 Å². The molecule has 0 aliphatic carbocycles. The summed E-state index contributed by atoms with van der Waals surface area (Å²) in [6.45, 7) is 11.7. The number of fused-ring (bicyclic) bond motifs is 1. The summed E-state index contributed by atoms with van der Waals surface area (Å²) in [6, 6.07) is 11.4. The lowest BCUT2D eigenvalue weighted by Crippen LogP contribution is -2.44. The van der Waals surface area contributed by atoms with E-state index in [2.05, 4.69) is 4.90 Å². The highest BCUT2D eigenvalue weighted by Crippen LogP contribution is 2.34. The van der Waals surface area contributed by atoms with Gasteiger partial charge in [-0.2, -0.15) is 0 Å². The predicted octanol–water partition coefficient (Wildman–Crippen LogP) is 5.30. The topological polar surface area (TPSA) is 64.2 Å². The van der Waals surface area contributed by atoms with Crippen molar-refractivity contribution in [1.82, 2.24) is 14.7 Å². The number of amides is 3. The number of hydrogen-bond donors (Lipinski definition) is 0. The van der Waals surface area contributed by atoms with E-state index in [4.69, 9.17) is 23.2 Å². The van der Waals surface area contributed by atoms with E-state index in [-0.39, 0.29) is 23.6 Å². The molecule has 3 aliphatic heterocycles. The second-order valence-electron chi connectivity index (χ2n) is 12.0. The van der Waals surface area contributed by atoms with E-state index in [0.29, 0.717) is 59.9 Å². The summed E-state index contributed by atoms with van der Waals surface area (Å²) in [5.74, 6) is 1.05. The smallest absolute Gasteiger partial charge is 0.255 e. The lowest BCUT2D eigenvalue weighted by Gasteiger charge is -2.34. The van der Waals surface area contributed by atoms with Gasteiger partial charge in [0.1, 0.15) is 0 Å². The van der Waals surface area contributed by atoms with Crippen LogP contribution in [0.4, 0.5) is 5.69 Å². The molecule has 0 saturated carbocycles. The number of piperidine rings is 1. The fraction of sp³-hybridized carbons (Fsp3) is 0.531. The molecule has 41 heavy (non-hydrogen) atoms. The van der Waals surface area contributed by atoms with Gasteiger partial charge in [-0.25, -0.2) is 0 Å². The minimum atomic E-state index is -0.0953. The zero-order valence-corrected chi connectivity index (χ0v) is 25.8. The van der Waals surface area contributed by atoms with Crippen molar-refractivity contribution in [1.29, 1.82) is 0 Å². The largest absolute Gasteiger partial charge is 0.343 e. The molecule has 2 aromatic rings. The molecule has 3 fully saturated rings. The Kier molecular flexibility index (Phi) is 9.27. The van der Waals surface area contributed by atoms with Crippen LogP contribution < -0.4 is 4.90 Å². The first-order valence-corrected chi connectivity index (χ1v) is 15.5. The summed E-state index contributed by atoms with van der Waals surface area (Å²) in [7, 11) is 0. The highest BCUT2D eigenvalue weighted by atomic mass is 35.5. The third-order valence-electron chi connectivity index (χ3n) is 9.16. The summed E-state index contributed by atoms with van der Waals surface area (Å²) >= 11 is 12.8. The fourth-order valence-electron chi connectivity index (χ4n) is 6.73. The van der Waals surface area contributed by atoms with Crippen LogP contribution in [0.2, 0.25) is 10.0 Å². The number of benzene rings is 2. The molecular formula is C32H40Cl2N4O3. The Labute approximate surface area is 253 Å². The molecule has 0 bridgehead atoms. The molecule has 220 valence electrons. The molecule has 0 radical (unpaired) electrons. The normalized spacial score (nSPS) is 21.3. The minimum Gasteiger partial charge on any atom is -0.343 e. The average Bonchev–Trinajstić information content (AvgIpc) is 3.51. The molecule has 2 aromatic carbocycles. The summed E-state index contributed by atoms with van der Waals surface area (Å²) in [5, 5.41) is 1.18. The van der Waals surface area contributed by atoms with Crippen molar-refractivity contribution in [3.8, 4) is 0 Å². The molecule has 3 saturated heterocycles. The second-order valence-corrected chi connectivity index (χ2v) is 12.8. The lowest BCUT2D eigenvalue weighted by atomic mass is 9.94. The van der Waals surface area contributed by atoms with E-state index in [1.807, 2.05) is 58.9 Å². The standard InChI is InChI=1S/C32H40Cl2N4O3/c1-21-8-9-27(16-29(21)34)38(31(40)24-10-14-36(15-11-24)23(3)39)13-5-12-35-17-25-19-37(20-26(25)18-35)32(41)30-22(2)6-4-7-28(30)33/h4,6-9,16,24-26H,5,10-15,17-20H2,1-3H3. The van der Waals surface area contributed by atoms with Crippen molar-refractivity contribution in [3.63, 3.8) is 0 Å². The number of anilines is 1. The van der Waals surface area contributed by atoms with Gasteiger partial charge in [-0.15, -0.1) is 0 Å². The van der Waals surface area contributed by atoms with Gasteiger partial charge in [-0.05, 0) is 80.8 Å². The molecule has 2 atom stereocenters. The summed E-state index contributed by atoms with van der Waals surface area (Å²) in [4.78, 5) is 46.9. The van der Waals surface area contributed by atoms with Crippen LogP contribution in [0.1, 0.15) is 47.7 Å². The van der Waals surface area contributed by atoms with Crippen molar-refractivity contribution in [2.75, 3.05) is 57.3 Å². The maximum atomic E-state index is 13.7. The Balaban J connectivity index is 1.17. The molecule has 3 heterocycles. The van der Waals surface area contributed by atoms with Gasteiger partial charge in [0, 0.05) is 69.4 Å². The quantitative estimate of drug-likeness (QED) is 0.434. The number of carbonyl (C=O) groups is 3. The van der Waals surface area contributed by atoms with Gasteiger partial charge in [0.05, 0.1) is 10.6 Å². The SMILES string of the molecule is CC(=O)N1CCC(C(=O)N(CCCN2CC3CN(C(=O)c4c(C)cccc4Cl)CC3C2)c2ccc(C)c(Cl)c2)CC1. The number of nitrogens with zero attached hydrogens (tertiary/aromatic N) is 4. The minimum absolute atomic E-state index is 0.0362. The Morgan fingerprint density at radius 3 is 2.17 bits per heavy atom. The second kappa shape index (κ2) is 12.7. The van der Waals surface area contributed by atoms with E-state index >= 15 is 0 Å². The Hall–Kier alpha value is -2.61. The Morgan fingerprint density at radius 1 is 0.878 bits per heavy atom. The number of halogens is 2. The number of carbonyl (C=O) groups excluding carboxylic acids is 3. The van der Waals surface area contributed by atoms with Gasteiger partial charge in [0.2, 0.25) is 11.8 Å². The first-order valence-electron chi connectivity index (χ1n) is 14.7. The van der Waals surface area contributed by atoms with Crippen LogP contribution in [-0.2, 0) is 9.59 Å². The van der Waals surface area contributed by atoms with Gasteiger partial charge >= 0.3 is 0 Å². The lowest BCUT2D eigenvalue weighted by molar-refractivity contribution is -0.133. The average molecular weight is 600 g/mol. The first-order chi connectivity index (χ1) is 19.6. The summed E-state index contributed by atoms with van der Waals surface area (Å²) in [5.41, 5.74) is 3.36. The number of aryl methyl sites for hydroxylation is 2. The summed E-state index contributed by atoms with van der Waals surface area (Å²) in [6.07, 6.45) is 2.23. The third kappa shape index (κ3) is 6.58. The van der Waals surface area contributed by atoms with Crippen LogP contribution in [0.15, 0.2) is 36.4 Å². The summed E-state index contributed by atoms with van der Waals surface area (Å²) < 4.78 is 0. The highest BCUT2D eigenvalue weighted by Gasteiger charge is 2.42. The fourth-order valence-corrected chi connectivity index (χ4v) is 7.21. The van der Waals surface area contributed by atoms with Gasteiger partial charge in [-0.1, -0.05) is 41.4 Å². The van der Waals surface area contributed by atoms with E-state index in [9.17, 15) is 14.4 Å². The Bertz CT molecular complexity index is 1280. The van der Waals surface area contributed by atoms with E-state index < -0.39 is 0 Å². The van der Waals surface area contributed by atoms with E-state index in [0.717, 1.165) is 56.0 Å². The molecule has 0 spiro atoms. The molecule has 7 nitrogen and oxygen atoms in total. The van der Waals surface area contributed by atoms with Crippen LogP contribution >= 0.6 is 23.2 Å². The van der Waals surface area contributed by atoms with Gasteiger partial charge < -0.3 is 19.6 Å². The zero-order chi connectivity index (χ0) is 29.3. The van der Waals surface area contributed by atoms with Crippen molar-refractivity contribution in [2.45, 2.75) is 40.0 Å². The van der Waals surface area contributed by atoms with Crippen LogP contribution in [0.5, 0.6) is 0 Å². The number of rotatable bonds is 7. The van der Waals surface area contributed by atoms with Crippen LogP contribution in [0, 0.1) is 31.6 Å². The molecule has 9 heteroatoms. The third-order valence-corrected chi connectivity index (χ3v) is 9.89. The van der Waals surface area contributed by atoms with Crippen molar-refractivity contribution < 1.29 is 14.4 Å².